The van der Waals surface area contributed by atoms with Crippen LogP contribution in [0.4, 0.5) is 10.3 Å². The number of rotatable bonds is 7. The number of halogens is 2. The molecule has 0 radical (unpaired) electrons. The second-order valence-corrected chi connectivity index (χ2v) is 7.38. The SMILES string of the molecule is COc1cc(-c2n[nH]c(NCc3c(F)cccc3Cl)n2)ccc1CN1CCOCC1. The zero-order chi connectivity index (χ0) is 20.9. The van der Waals surface area contributed by atoms with Gasteiger partial charge >= 0.3 is 0 Å². The molecule has 0 spiro atoms. The van der Waals surface area contributed by atoms with Crippen LogP contribution in [0, 0.1) is 5.82 Å². The maximum Gasteiger partial charge on any atom is 0.219 e. The highest BCUT2D eigenvalue weighted by Gasteiger charge is 2.15. The number of hydrogen-bond donors (Lipinski definition) is 2. The van der Waals surface area contributed by atoms with Crippen LogP contribution in [0.2, 0.25) is 5.02 Å². The van der Waals surface area contributed by atoms with Gasteiger partial charge in [0.25, 0.3) is 0 Å². The highest BCUT2D eigenvalue weighted by molar-refractivity contribution is 6.31. The summed E-state index contributed by atoms with van der Waals surface area (Å²) in [6, 6.07) is 10.5. The zero-order valence-electron chi connectivity index (χ0n) is 16.6. The van der Waals surface area contributed by atoms with Gasteiger partial charge < -0.3 is 14.8 Å². The van der Waals surface area contributed by atoms with Crippen molar-refractivity contribution < 1.29 is 13.9 Å². The Hall–Kier alpha value is -2.68. The van der Waals surface area contributed by atoms with Crippen LogP contribution in [0.15, 0.2) is 36.4 Å². The zero-order valence-corrected chi connectivity index (χ0v) is 17.4. The Balaban J connectivity index is 1.46. The van der Waals surface area contributed by atoms with E-state index in [2.05, 4.69) is 25.4 Å². The van der Waals surface area contributed by atoms with Crippen molar-refractivity contribution in [2.24, 2.45) is 0 Å². The molecule has 0 unspecified atom stereocenters. The van der Waals surface area contributed by atoms with Crippen molar-refractivity contribution in [2.45, 2.75) is 13.1 Å². The standard InChI is InChI=1S/C21H23ClFN5O2/c1-29-19-11-14(5-6-15(19)13-28-7-9-30-10-8-28)20-25-21(27-26-20)24-12-16-17(22)3-2-4-18(16)23/h2-6,11H,7-10,12-13H2,1H3,(H2,24,25,26,27). The van der Waals surface area contributed by atoms with Crippen molar-refractivity contribution in [3.63, 3.8) is 0 Å². The van der Waals surface area contributed by atoms with Crippen molar-refractivity contribution in [1.82, 2.24) is 20.1 Å². The Labute approximate surface area is 179 Å². The molecule has 1 aromatic heterocycles. The van der Waals surface area contributed by atoms with Crippen LogP contribution in [-0.2, 0) is 17.8 Å². The van der Waals surface area contributed by atoms with Crippen LogP contribution >= 0.6 is 11.6 Å². The Kier molecular flexibility index (Phi) is 6.47. The summed E-state index contributed by atoms with van der Waals surface area (Å²) in [5.41, 5.74) is 2.31. The van der Waals surface area contributed by atoms with Gasteiger partial charge in [0.1, 0.15) is 11.6 Å². The summed E-state index contributed by atoms with van der Waals surface area (Å²) in [5, 5.41) is 10.5. The first-order chi connectivity index (χ1) is 14.6. The first-order valence-corrected chi connectivity index (χ1v) is 10.1. The van der Waals surface area contributed by atoms with Gasteiger partial charge in [-0.3, -0.25) is 4.90 Å². The monoisotopic (exact) mass is 431 g/mol. The first-order valence-electron chi connectivity index (χ1n) is 9.70. The number of hydrogen-bond acceptors (Lipinski definition) is 6. The number of aromatic amines is 1. The smallest absolute Gasteiger partial charge is 0.219 e. The summed E-state index contributed by atoms with van der Waals surface area (Å²) in [7, 11) is 1.66. The minimum absolute atomic E-state index is 0.196. The molecule has 1 fully saturated rings. The maximum absolute atomic E-state index is 13.9. The number of aromatic nitrogens is 3. The highest BCUT2D eigenvalue weighted by atomic mass is 35.5. The molecule has 7 nitrogen and oxygen atoms in total. The molecule has 30 heavy (non-hydrogen) atoms. The van der Waals surface area contributed by atoms with E-state index < -0.39 is 0 Å². The Morgan fingerprint density at radius 3 is 2.87 bits per heavy atom. The molecule has 1 saturated heterocycles. The molecule has 0 amide bonds. The third-order valence-electron chi connectivity index (χ3n) is 5.02. The third kappa shape index (κ3) is 4.72. The van der Waals surface area contributed by atoms with E-state index in [4.69, 9.17) is 21.1 Å². The molecule has 0 aliphatic carbocycles. The predicted molar refractivity (Wildman–Crippen MR) is 113 cm³/mol. The molecule has 9 heteroatoms. The van der Waals surface area contributed by atoms with E-state index >= 15 is 0 Å². The Bertz CT molecular complexity index is 987. The van der Waals surface area contributed by atoms with Crippen LogP contribution in [0.25, 0.3) is 11.4 Å². The number of anilines is 1. The topological polar surface area (TPSA) is 75.3 Å². The number of benzene rings is 2. The molecular weight excluding hydrogens is 409 g/mol. The summed E-state index contributed by atoms with van der Waals surface area (Å²) in [6.07, 6.45) is 0. The minimum atomic E-state index is -0.365. The summed E-state index contributed by atoms with van der Waals surface area (Å²) in [4.78, 5) is 6.79. The van der Waals surface area contributed by atoms with Gasteiger partial charge in [0.15, 0.2) is 5.82 Å². The van der Waals surface area contributed by atoms with Crippen molar-refractivity contribution in [1.29, 1.82) is 0 Å². The lowest BCUT2D eigenvalue weighted by Crippen LogP contribution is -2.35. The van der Waals surface area contributed by atoms with Gasteiger partial charge in [0.05, 0.1) is 20.3 Å². The summed E-state index contributed by atoms with van der Waals surface area (Å²) < 4.78 is 24.9. The summed E-state index contributed by atoms with van der Waals surface area (Å²) in [6.45, 7) is 4.33. The van der Waals surface area contributed by atoms with E-state index in [-0.39, 0.29) is 12.4 Å². The number of nitrogens with one attached hydrogen (secondary N) is 2. The first kappa shape index (κ1) is 20.6. The number of morpholine rings is 1. The number of nitrogens with zero attached hydrogens (tertiary/aromatic N) is 3. The molecule has 1 aliphatic rings. The molecule has 2 heterocycles. The second-order valence-electron chi connectivity index (χ2n) is 6.98. The lowest BCUT2D eigenvalue weighted by molar-refractivity contribution is 0.0339. The van der Waals surface area contributed by atoms with Crippen LogP contribution in [-0.4, -0.2) is 53.5 Å². The normalized spacial score (nSPS) is 14.6. The maximum atomic E-state index is 13.9. The van der Waals surface area contributed by atoms with E-state index in [1.54, 1.807) is 19.2 Å². The molecule has 2 aromatic carbocycles. The fourth-order valence-electron chi connectivity index (χ4n) is 3.36. The Morgan fingerprint density at radius 1 is 1.27 bits per heavy atom. The third-order valence-corrected chi connectivity index (χ3v) is 5.38. The molecule has 2 N–H and O–H groups in total. The van der Waals surface area contributed by atoms with E-state index in [0.717, 1.165) is 49.7 Å². The average Bonchev–Trinajstić information content (AvgIpc) is 3.23. The van der Waals surface area contributed by atoms with Gasteiger partial charge in [-0.1, -0.05) is 29.8 Å². The summed E-state index contributed by atoms with van der Waals surface area (Å²) >= 11 is 6.06. The quantitative estimate of drug-likeness (QED) is 0.594. The Morgan fingerprint density at radius 2 is 2.10 bits per heavy atom. The number of H-pyrrole nitrogens is 1. The van der Waals surface area contributed by atoms with E-state index in [1.165, 1.54) is 6.07 Å². The van der Waals surface area contributed by atoms with Crippen LogP contribution < -0.4 is 10.1 Å². The fourth-order valence-corrected chi connectivity index (χ4v) is 3.59. The highest BCUT2D eigenvalue weighted by Crippen LogP contribution is 2.27. The molecule has 3 aromatic rings. The molecule has 1 aliphatic heterocycles. The number of ether oxygens (including phenoxy) is 2. The van der Waals surface area contributed by atoms with Crippen LogP contribution in [0.1, 0.15) is 11.1 Å². The molecule has 158 valence electrons. The average molecular weight is 432 g/mol. The lowest BCUT2D eigenvalue weighted by atomic mass is 10.1. The van der Waals surface area contributed by atoms with Gasteiger partial charge in [-0.25, -0.2) is 9.49 Å². The van der Waals surface area contributed by atoms with Crippen molar-refractivity contribution >= 4 is 17.5 Å². The van der Waals surface area contributed by atoms with Crippen LogP contribution in [0.3, 0.4) is 0 Å². The van der Waals surface area contributed by atoms with Crippen LogP contribution in [0.5, 0.6) is 5.75 Å². The lowest BCUT2D eigenvalue weighted by Gasteiger charge is -2.27. The van der Waals surface area contributed by atoms with E-state index in [9.17, 15) is 4.39 Å². The van der Waals surface area contributed by atoms with Gasteiger partial charge in [0, 0.05) is 47.9 Å². The second kappa shape index (κ2) is 9.42. The van der Waals surface area contributed by atoms with Crippen molar-refractivity contribution in [2.75, 3.05) is 38.7 Å². The molecule has 0 saturated carbocycles. The minimum Gasteiger partial charge on any atom is -0.496 e. The van der Waals surface area contributed by atoms with Crippen molar-refractivity contribution in [3.05, 3.63) is 58.4 Å². The molecular formula is C21H23ClFN5O2. The molecule has 0 bridgehead atoms. The van der Waals surface area contributed by atoms with E-state index in [0.29, 0.717) is 22.4 Å². The van der Waals surface area contributed by atoms with Crippen molar-refractivity contribution in [3.8, 4) is 17.1 Å². The summed E-state index contributed by atoms with van der Waals surface area (Å²) in [5.74, 6) is 1.38. The number of methoxy groups -OCH3 is 1. The predicted octanol–water partition coefficient (Wildman–Crippen LogP) is 3.72. The molecule has 4 rings (SSSR count). The van der Waals surface area contributed by atoms with Gasteiger partial charge in [-0.15, -0.1) is 0 Å². The van der Waals surface area contributed by atoms with E-state index in [1.807, 2.05) is 18.2 Å². The fraction of sp³-hybridized carbons (Fsp3) is 0.333. The largest absolute Gasteiger partial charge is 0.496 e. The van der Waals surface area contributed by atoms with Gasteiger partial charge in [-0.05, 0) is 18.2 Å². The molecule has 0 atom stereocenters. The van der Waals surface area contributed by atoms with Gasteiger partial charge in [0.2, 0.25) is 5.95 Å². The van der Waals surface area contributed by atoms with Gasteiger partial charge in [-0.2, -0.15) is 10.1 Å².